The molecule has 0 bridgehead atoms. The fourth-order valence-corrected chi connectivity index (χ4v) is 0.698. The zero-order valence-electron chi connectivity index (χ0n) is 5.53. The SMILES string of the molecule is O/N=C\c1cccc(F)c1O. The molecular formula is C7H6FNO2. The van der Waals surface area contributed by atoms with Crippen molar-refractivity contribution in [1.29, 1.82) is 0 Å². The monoisotopic (exact) mass is 155 g/mol. The van der Waals surface area contributed by atoms with Crippen LogP contribution in [0.4, 0.5) is 4.39 Å². The summed E-state index contributed by atoms with van der Waals surface area (Å²) < 4.78 is 12.5. The smallest absolute Gasteiger partial charge is 0.165 e. The number of oxime groups is 1. The van der Waals surface area contributed by atoms with Crippen molar-refractivity contribution < 1.29 is 14.7 Å². The van der Waals surface area contributed by atoms with Gasteiger partial charge in [-0.05, 0) is 12.1 Å². The standard InChI is InChI=1S/C7H6FNO2/c8-6-3-1-2-5(4-9-11)7(6)10/h1-4,10-11H/b9-4-. The number of halogens is 1. The summed E-state index contributed by atoms with van der Waals surface area (Å²) in [6.07, 6.45) is 0.957. The number of phenols is 1. The van der Waals surface area contributed by atoms with Crippen LogP contribution < -0.4 is 0 Å². The second-order valence-electron chi connectivity index (χ2n) is 1.92. The fourth-order valence-electron chi connectivity index (χ4n) is 0.698. The molecule has 0 saturated carbocycles. The molecule has 11 heavy (non-hydrogen) atoms. The van der Waals surface area contributed by atoms with E-state index in [9.17, 15) is 4.39 Å². The number of phenolic OH excluding ortho intramolecular Hbond substituents is 1. The van der Waals surface area contributed by atoms with Gasteiger partial charge in [0.1, 0.15) is 0 Å². The van der Waals surface area contributed by atoms with Gasteiger partial charge in [0, 0.05) is 5.56 Å². The average Bonchev–Trinajstić information content (AvgIpc) is 1.99. The van der Waals surface area contributed by atoms with Gasteiger partial charge in [-0.15, -0.1) is 0 Å². The first kappa shape index (κ1) is 7.53. The molecule has 1 aromatic rings. The summed E-state index contributed by atoms with van der Waals surface area (Å²) in [5, 5.41) is 19.7. The normalized spacial score (nSPS) is 10.6. The maximum absolute atomic E-state index is 12.5. The van der Waals surface area contributed by atoms with Gasteiger partial charge in [0.05, 0.1) is 6.21 Å². The summed E-state index contributed by atoms with van der Waals surface area (Å²) >= 11 is 0. The third-order valence-electron chi connectivity index (χ3n) is 1.21. The van der Waals surface area contributed by atoms with Crippen LogP contribution >= 0.6 is 0 Å². The average molecular weight is 155 g/mol. The Bertz CT molecular complexity index is 286. The third kappa shape index (κ3) is 1.46. The first-order valence-corrected chi connectivity index (χ1v) is 2.90. The highest BCUT2D eigenvalue weighted by Gasteiger charge is 2.02. The number of rotatable bonds is 1. The molecule has 0 spiro atoms. The molecule has 0 saturated heterocycles. The summed E-state index contributed by atoms with van der Waals surface area (Å²) in [6.45, 7) is 0. The van der Waals surface area contributed by atoms with E-state index in [1.807, 2.05) is 0 Å². The molecule has 0 radical (unpaired) electrons. The maximum Gasteiger partial charge on any atom is 0.165 e. The van der Waals surface area contributed by atoms with E-state index in [4.69, 9.17) is 10.3 Å². The summed E-state index contributed by atoms with van der Waals surface area (Å²) in [5.74, 6) is -1.24. The van der Waals surface area contributed by atoms with Crippen LogP contribution in [0.15, 0.2) is 23.4 Å². The minimum Gasteiger partial charge on any atom is -0.504 e. The Morgan fingerprint density at radius 3 is 2.82 bits per heavy atom. The summed E-state index contributed by atoms with van der Waals surface area (Å²) in [6, 6.07) is 3.95. The molecule has 0 aromatic heterocycles. The second-order valence-corrected chi connectivity index (χ2v) is 1.92. The van der Waals surface area contributed by atoms with E-state index in [0.717, 1.165) is 12.3 Å². The molecule has 4 heteroatoms. The van der Waals surface area contributed by atoms with E-state index < -0.39 is 11.6 Å². The van der Waals surface area contributed by atoms with Crippen LogP contribution in [0, 0.1) is 5.82 Å². The zero-order valence-corrected chi connectivity index (χ0v) is 5.53. The number of nitrogens with zero attached hydrogens (tertiary/aromatic N) is 1. The molecule has 0 fully saturated rings. The molecule has 58 valence electrons. The topological polar surface area (TPSA) is 52.8 Å². The summed E-state index contributed by atoms with van der Waals surface area (Å²) in [4.78, 5) is 0. The van der Waals surface area contributed by atoms with Crippen molar-refractivity contribution in [3.8, 4) is 5.75 Å². The van der Waals surface area contributed by atoms with E-state index in [1.165, 1.54) is 12.1 Å². The molecule has 2 N–H and O–H groups in total. The first-order valence-electron chi connectivity index (χ1n) is 2.90. The minimum absolute atomic E-state index is 0.146. The molecule has 3 nitrogen and oxygen atoms in total. The molecule has 0 unspecified atom stereocenters. The van der Waals surface area contributed by atoms with Gasteiger partial charge < -0.3 is 10.3 Å². The van der Waals surface area contributed by atoms with Gasteiger partial charge in [0.15, 0.2) is 11.6 Å². The van der Waals surface area contributed by atoms with Gasteiger partial charge >= 0.3 is 0 Å². The number of para-hydroxylation sites is 1. The van der Waals surface area contributed by atoms with Gasteiger partial charge in [0.2, 0.25) is 0 Å². The van der Waals surface area contributed by atoms with E-state index >= 15 is 0 Å². The summed E-state index contributed by atoms with van der Waals surface area (Å²) in [5.41, 5.74) is 0.146. The molecule has 0 aliphatic heterocycles. The molecule has 0 aliphatic carbocycles. The van der Waals surface area contributed by atoms with Crippen molar-refractivity contribution in [2.75, 3.05) is 0 Å². The lowest BCUT2D eigenvalue weighted by Crippen LogP contribution is -1.84. The Kier molecular flexibility index (Phi) is 2.06. The lowest BCUT2D eigenvalue weighted by Gasteiger charge is -1.96. The van der Waals surface area contributed by atoms with Crippen LogP contribution in [0.3, 0.4) is 0 Å². The third-order valence-corrected chi connectivity index (χ3v) is 1.21. The molecule has 0 atom stereocenters. The lowest BCUT2D eigenvalue weighted by atomic mass is 10.2. The van der Waals surface area contributed by atoms with Crippen molar-refractivity contribution in [3.63, 3.8) is 0 Å². The Hall–Kier alpha value is -1.58. The van der Waals surface area contributed by atoms with Crippen LogP contribution in [0.25, 0.3) is 0 Å². The number of hydrogen-bond donors (Lipinski definition) is 2. The number of hydrogen-bond acceptors (Lipinski definition) is 3. The van der Waals surface area contributed by atoms with Crippen molar-refractivity contribution in [3.05, 3.63) is 29.6 Å². The van der Waals surface area contributed by atoms with Crippen molar-refractivity contribution >= 4 is 6.21 Å². The van der Waals surface area contributed by atoms with E-state index in [-0.39, 0.29) is 5.56 Å². The van der Waals surface area contributed by atoms with Crippen molar-refractivity contribution in [2.45, 2.75) is 0 Å². The van der Waals surface area contributed by atoms with Gasteiger partial charge in [-0.3, -0.25) is 0 Å². The van der Waals surface area contributed by atoms with Gasteiger partial charge in [0.25, 0.3) is 0 Å². The highest BCUT2D eigenvalue weighted by atomic mass is 19.1. The molecule has 1 aromatic carbocycles. The fraction of sp³-hybridized carbons (Fsp3) is 0. The van der Waals surface area contributed by atoms with Gasteiger partial charge in [-0.1, -0.05) is 11.2 Å². The quantitative estimate of drug-likeness (QED) is 0.365. The Morgan fingerprint density at radius 2 is 2.18 bits per heavy atom. The summed E-state index contributed by atoms with van der Waals surface area (Å²) in [7, 11) is 0. The van der Waals surface area contributed by atoms with Crippen LogP contribution in [0.5, 0.6) is 5.75 Å². The second kappa shape index (κ2) is 3.01. The Morgan fingerprint density at radius 1 is 1.45 bits per heavy atom. The molecule has 0 aliphatic rings. The van der Waals surface area contributed by atoms with Gasteiger partial charge in [-0.2, -0.15) is 0 Å². The van der Waals surface area contributed by atoms with Crippen LogP contribution in [-0.4, -0.2) is 16.5 Å². The van der Waals surface area contributed by atoms with Gasteiger partial charge in [-0.25, -0.2) is 4.39 Å². The van der Waals surface area contributed by atoms with Crippen LogP contribution in [0.2, 0.25) is 0 Å². The molecule has 0 heterocycles. The van der Waals surface area contributed by atoms with Crippen molar-refractivity contribution in [1.82, 2.24) is 0 Å². The van der Waals surface area contributed by atoms with E-state index in [1.54, 1.807) is 0 Å². The highest BCUT2D eigenvalue weighted by molar-refractivity contribution is 5.82. The minimum atomic E-state index is -0.734. The van der Waals surface area contributed by atoms with E-state index in [2.05, 4.69) is 5.16 Å². The Labute approximate surface area is 62.4 Å². The van der Waals surface area contributed by atoms with Crippen LogP contribution in [0.1, 0.15) is 5.56 Å². The number of benzene rings is 1. The first-order chi connectivity index (χ1) is 5.25. The molecule has 0 amide bonds. The van der Waals surface area contributed by atoms with Crippen LogP contribution in [-0.2, 0) is 0 Å². The highest BCUT2D eigenvalue weighted by Crippen LogP contribution is 2.18. The van der Waals surface area contributed by atoms with E-state index in [0.29, 0.717) is 0 Å². The number of aromatic hydroxyl groups is 1. The zero-order chi connectivity index (χ0) is 8.27. The lowest BCUT2D eigenvalue weighted by molar-refractivity contribution is 0.321. The predicted molar refractivity (Wildman–Crippen MR) is 37.4 cm³/mol. The Balaban J connectivity index is 3.16. The predicted octanol–water partition coefficient (Wildman–Crippen LogP) is 1.34. The maximum atomic E-state index is 12.5. The van der Waals surface area contributed by atoms with Crippen molar-refractivity contribution in [2.24, 2.45) is 5.16 Å². The molecular weight excluding hydrogens is 149 g/mol. The largest absolute Gasteiger partial charge is 0.504 e. The molecule has 1 rings (SSSR count).